The Labute approximate surface area is 177 Å². The SMILES string of the molecule is CCC(C)(C)NC(=O)c1ccc(NC(=O)C(C)(N)c2ccccc2)cc1Cl.Cl. The van der Waals surface area contributed by atoms with Gasteiger partial charge in [0.15, 0.2) is 0 Å². The lowest BCUT2D eigenvalue weighted by Crippen LogP contribution is -2.45. The van der Waals surface area contributed by atoms with Crippen LogP contribution in [0.5, 0.6) is 0 Å². The van der Waals surface area contributed by atoms with Crippen molar-refractivity contribution in [3.05, 3.63) is 64.7 Å². The van der Waals surface area contributed by atoms with Crippen molar-refractivity contribution in [2.45, 2.75) is 45.2 Å². The average Bonchev–Trinajstić information content (AvgIpc) is 2.62. The van der Waals surface area contributed by atoms with Crippen LogP contribution in [0.2, 0.25) is 5.02 Å². The second-order valence-corrected chi connectivity index (χ2v) is 7.82. The third-order valence-corrected chi connectivity index (χ3v) is 4.97. The van der Waals surface area contributed by atoms with Crippen molar-refractivity contribution in [1.82, 2.24) is 5.32 Å². The van der Waals surface area contributed by atoms with Gasteiger partial charge in [0.25, 0.3) is 5.91 Å². The van der Waals surface area contributed by atoms with E-state index in [1.54, 1.807) is 37.3 Å². The van der Waals surface area contributed by atoms with E-state index in [1.807, 2.05) is 39.0 Å². The standard InChI is InChI=1S/C21H26ClN3O2.ClH/c1-5-20(2,3)25-18(26)16-12-11-15(13-17(16)22)24-19(27)21(4,23)14-9-7-6-8-10-14;/h6-13H,5,23H2,1-4H3,(H,24,27)(H,25,26);1H. The minimum Gasteiger partial charge on any atom is -0.347 e. The Morgan fingerprint density at radius 3 is 2.21 bits per heavy atom. The Hall–Kier alpha value is -2.08. The first kappa shape index (κ1) is 24.0. The number of hydrogen-bond acceptors (Lipinski definition) is 3. The van der Waals surface area contributed by atoms with E-state index in [0.717, 1.165) is 6.42 Å². The lowest BCUT2D eigenvalue weighted by atomic mass is 9.92. The van der Waals surface area contributed by atoms with Crippen LogP contribution < -0.4 is 16.4 Å². The molecule has 0 aliphatic heterocycles. The second-order valence-electron chi connectivity index (χ2n) is 7.41. The molecule has 0 saturated heterocycles. The van der Waals surface area contributed by atoms with Crippen molar-refractivity contribution in [3.63, 3.8) is 0 Å². The van der Waals surface area contributed by atoms with Gasteiger partial charge >= 0.3 is 0 Å². The summed E-state index contributed by atoms with van der Waals surface area (Å²) < 4.78 is 0. The fourth-order valence-corrected chi connectivity index (χ4v) is 2.68. The van der Waals surface area contributed by atoms with E-state index in [2.05, 4.69) is 10.6 Å². The number of carbonyl (C=O) groups excluding carboxylic acids is 2. The molecule has 0 radical (unpaired) electrons. The molecule has 1 unspecified atom stereocenters. The molecule has 0 aromatic heterocycles. The normalized spacial score (nSPS) is 13.1. The largest absolute Gasteiger partial charge is 0.347 e. The fourth-order valence-electron chi connectivity index (χ4n) is 2.42. The smallest absolute Gasteiger partial charge is 0.253 e. The summed E-state index contributed by atoms with van der Waals surface area (Å²) in [4.78, 5) is 25.0. The van der Waals surface area contributed by atoms with Gasteiger partial charge in [-0.1, -0.05) is 48.9 Å². The summed E-state index contributed by atoms with van der Waals surface area (Å²) in [5.41, 5.74) is 6.23. The van der Waals surface area contributed by atoms with Crippen molar-refractivity contribution in [1.29, 1.82) is 0 Å². The van der Waals surface area contributed by atoms with Crippen LogP contribution in [0, 0.1) is 0 Å². The molecule has 0 bridgehead atoms. The zero-order valence-electron chi connectivity index (χ0n) is 16.5. The summed E-state index contributed by atoms with van der Waals surface area (Å²) in [6.45, 7) is 7.53. The van der Waals surface area contributed by atoms with E-state index in [9.17, 15) is 9.59 Å². The quantitative estimate of drug-likeness (QED) is 0.639. The zero-order valence-corrected chi connectivity index (χ0v) is 18.1. The molecule has 0 aliphatic carbocycles. The van der Waals surface area contributed by atoms with Gasteiger partial charge in [-0.2, -0.15) is 0 Å². The van der Waals surface area contributed by atoms with Crippen molar-refractivity contribution < 1.29 is 9.59 Å². The number of amides is 2. The van der Waals surface area contributed by atoms with Gasteiger partial charge in [-0.3, -0.25) is 9.59 Å². The van der Waals surface area contributed by atoms with Crippen molar-refractivity contribution in [2.24, 2.45) is 5.73 Å². The third-order valence-electron chi connectivity index (χ3n) is 4.65. The molecule has 0 aliphatic rings. The monoisotopic (exact) mass is 423 g/mol. The zero-order chi connectivity index (χ0) is 20.2. The van der Waals surface area contributed by atoms with Crippen LogP contribution in [0.4, 0.5) is 5.69 Å². The van der Waals surface area contributed by atoms with Crippen LogP contribution in [-0.4, -0.2) is 17.4 Å². The highest BCUT2D eigenvalue weighted by molar-refractivity contribution is 6.34. The number of halogens is 2. The van der Waals surface area contributed by atoms with Crippen LogP contribution in [0.1, 0.15) is 50.0 Å². The summed E-state index contributed by atoms with van der Waals surface area (Å²) in [5.74, 6) is -0.619. The maximum atomic E-state index is 12.6. The van der Waals surface area contributed by atoms with Crippen LogP contribution >= 0.6 is 24.0 Å². The van der Waals surface area contributed by atoms with Gasteiger partial charge in [0, 0.05) is 11.2 Å². The van der Waals surface area contributed by atoms with E-state index in [-0.39, 0.29) is 34.8 Å². The topological polar surface area (TPSA) is 84.2 Å². The van der Waals surface area contributed by atoms with Gasteiger partial charge in [-0.25, -0.2) is 0 Å². The summed E-state index contributed by atoms with van der Waals surface area (Å²) >= 11 is 6.27. The van der Waals surface area contributed by atoms with E-state index < -0.39 is 5.54 Å². The summed E-state index contributed by atoms with van der Waals surface area (Å²) in [7, 11) is 0. The van der Waals surface area contributed by atoms with Crippen LogP contribution in [-0.2, 0) is 10.3 Å². The van der Waals surface area contributed by atoms with Gasteiger partial charge in [-0.05, 0) is 51.0 Å². The molecule has 4 N–H and O–H groups in total. The van der Waals surface area contributed by atoms with E-state index >= 15 is 0 Å². The van der Waals surface area contributed by atoms with E-state index in [4.69, 9.17) is 17.3 Å². The molecule has 0 spiro atoms. The molecule has 1 atom stereocenters. The molecule has 0 fully saturated rings. The average molecular weight is 424 g/mol. The van der Waals surface area contributed by atoms with E-state index in [1.165, 1.54) is 0 Å². The second kappa shape index (κ2) is 9.41. The molecule has 5 nitrogen and oxygen atoms in total. The Kier molecular flexibility index (Phi) is 8.05. The van der Waals surface area contributed by atoms with Crippen LogP contribution in [0.15, 0.2) is 48.5 Å². The molecule has 0 heterocycles. The molecule has 152 valence electrons. The Balaban J connectivity index is 0.00000392. The molecule has 2 amide bonds. The first-order valence-corrected chi connectivity index (χ1v) is 9.22. The summed E-state index contributed by atoms with van der Waals surface area (Å²) in [6.07, 6.45) is 0.791. The molecular formula is C21H27Cl2N3O2. The van der Waals surface area contributed by atoms with Gasteiger partial charge in [0.2, 0.25) is 5.91 Å². The molecule has 0 saturated carbocycles. The predicted octanol–water partition coefficient (Wildman–Crippen LogP) is 4.49. The Morgan fingerprint density at radius 2 is 1.68 bits per heavy atom. The number of rotatable bonds is 6. The number of nitrogens with two attached hydrogens (primary N) is 1. The highest BCUT2D eigenvalue weighted by Gasteiger charge is 2.30. The predicted molar refractivity (Wildman–Crippen MR) is 117 cm³/mol. The lowest BCUT2D eigenvalue weighted by Gasteiger charge is -2.25. The van der Waals surface area contributed by atoms with Gasteiger partial charge in [-0.15, -0.1) is 12.4 Å². The molecule has 2 aromatic rings. The molecular weight excluding hydrogens is 397 g/mol. The molecule has 2 aromatic carbocycles. The van der Waals surface area contributed by atoms with Crippen molar-refractivity contribution >= 4 is 41.5 Å². The van der Waals surface area contributed by atoms with E-state index in [0.29, 0.717) is 16.8 Å². The number of hydrogen-bond donors (Lipinski definition) is 3. The number of benzene rings is 2. The maximum absolute atomic E-state index is 12.6. The van der Waals surface area contributed by atoms with Crippen molar-refractivity contribution in [3.8, 4) is 0 Å². The van der Waals surface area contributed by atoms with Gasteiger partial charge in [0.1, 0.15) is 5.54 Å². The molecule has 28 heavy (non-hydrogen) atoms. The van der Waals surface area contributed by atoms with Gasteiger partial charge in [0.05, 0.1) is 10.6 Å². The Morgan fingerprint density at radius 1 is 1.07 bits per heavy atom. The van der Waals surface area contributed by atoms with Crippen LogP contribution in [0.3, 0.4) is 0 Å². The number of anilines is 1. The number of nitrogens with one attached hydrogen (secondary N) is 2. The first-order chi connectivity index (χ1) is 12.6. The Bertz CT molecular complexity index is 837. The highest BCUT2D eigenvalue weighted by Crippen LogP contribution is 2.24. The highest BCUT2D eigenvalue weighted by atomic mass is 35.5. The fraction of sp³-hybridized carbons (Fsp3) is 0.333. The van der Waals surface area contributed by atoms with Crippen molar-refractivity contribution in [2.75, 3.05) is 5.32 Å². The van der Waals surface area contributed by atoms with Gasteiger partial charge < -0.3 is 16.4 Å². The molecule has 7 heteroatoms. The molecule has 2 rings (SSSR count). The first-order valence-electron chi connectivity index (χ1n) is 8.85. The lowest BCUT2D eigenvalue weighted by molar-refractivity contribution is -0.120. The maximum Gasteiger partial charge on any atom is 0.253 e. The minimum absolute atomic E-state index is 0. The third kappa shape index (κ3) is 5.71. The summed E-state index contributed by atoms with van der Waals surface area (Å²) in [5, 5.41) is 5.97. The summed E-state index contributed by atoms with van der Waals surface area (Å²) in [6, 6.07) is 13.9. The number of carbonyl (C=O) groups is 2. The minimum atomic E-state index is -1.20. The van der Waals surface area contributed by atoms with Crippen LogP contribution in [0.25, 0.3) is 0 Å².